The van der Waals surface area contributed by atoms with Crippen molar-refractivity contribution in [3.05, 3.63) is 34.3 Å². The Hall–Kier alpha value is -1.36. The molecular formula is C15H21BrN2O2. The van der Waals surface area contributed by atoms with Gasteiger partial charge in [0.25, 0.3) is 0 Å². The molecule has 2 atom stereocenters. The Balaban J connectivity index is 2.72. The highest BCUT2D eigenvalue weighted by Crippen LogP contribution is 2.17. The minimum atomic E-state index is -0.509. The molecule has 0 aliphatic carbocycles. The molecule has 20 heavy (non-hydrogen) atoms. The molecule has 0 aliphatic heterocycles. The van der Waals surface area contributed by atoms with E-state index in [1.54, 1.807) is 0 Å². The second-order valence-electron chi connectivity index (χ2n) is 5.20. The summed E-state index contributed by atoms with van der Waals surface area (Å²) >= 11 is 3.38. The number of rotatable bonds is 5. The van der Waals surface area contributed by atoms with Crippen LogP contribution in [0.2, 0.25) is 0 Å². The van der Waals surface area contributed by atoms with E-state index in [1.165, 1.54) is 6.92 Å². The molecule has 110 valence electrons. The number of halogens is 1. The molecule has 0 heterocycles. The van der Waals surface area contributed by atoms with Gasteiger partial charge >= 0.3 is 0 Å². The van der Waals surface area contributed by atoms with E-state index in [1.807, 2.05) is 45.0 Å². The molecule has 5 heteroatoms. The van der Waals surface area contributed by atoms with Crippen molar-refractivity contribution in [3.8, 4) is 0 Å². The highest BCUT2D eigenvalue weighted by molar-refractivity contribution is 9.10. The summed E-state index contributed by atoms with van der Waals surface area (Å²) < 4.78 is 0.998. The summed E-state index contributed by atoms with van der Waals surface area (Å²) in [6.07, 6.45) is 0. The van der Waals surface area contributed by atoms with Gasteiger partial charge in [-0.25, -0.2) is 0 Å². The molecule has 2 amide bonds. The van der Waals surface area contributed by atoms with Crippen LogP contribution >= 0.6 is 15.9 Å². The van der Waals surface area contributed by atoms with Gasteiger partial charge in [0.1, 0.15) is 6.04 Å². The first-order valence-electron chi connectivity index (χ1n) is 6.64. The van der Waals surface area contributed by atoms with Crippen molar-refractivity contribution in [3.63, 3.8) is 0 Å². The average Bonchev–Trinajstić information content (AvgIpc) is 2.35. The van der Waals surface area contributed by atoms with Crippen molar-refractivity contribution in [1.29, 1.82) is 0 Å². The van der Waals surface area contributed by atoms with Gasteiger partial charge in [0.2, 0.25) is 11.8 Å². The van der Waals surface area contributed by atoms with Crippen LogP contribution < -0.4 is 10.6 Å². The molecule has 1 aromatic rings. The number of carbonyl (C=O) groups excluding carboxylic acids is 2. The fourth-order valence-corrected chi connectivity index (χ4v) is 2.16. The summed E-state index contributed by atoms with van der Waals surface area (Å²) in [6, 6.07) is 7.17. The highest BCUT2D eigenvalue weighted by atomic mass is 79.9. The van der Waals surface area contributed by atoms with E-state index in [4.69, 9.17) is 0 Å². The van der Waals surface area contributed by atoms with Crippen molar-refractivity contribution >= 4 is 27.7 Å². The van der Waals surface area contributed by atoms with Gasteiger partial charge in [0.15, 0.2) is 0 Å². The van der Waals surface area contributed by atoms with Crippen LogP contribution in [-0.2, 0) is 9.59 Å². The van der Waals surface area contributed by atoms with Crippen LogP contribution in [-0.4, -0.2) is 17.9 Å². The van der Waals surface area contributed by atoms with E-state index in [2.05, 4.69) is 26.6 Å². The fourth-order valence-electron chi connectivity index (χ4n) is 1.89. The van der Waals surface area contributed by atoms with Gasteiger partial charge in [-0.1, -0.05) is 41.9 Å². The first-order valence-corrected chi connectivity index (χ1v) is 7.43. The summed E-state index contributed by atoms with van der Waals surface area (Å²) in [5.41, 5.74) is 1.02. The maximum Gasteiger partial charge on any atom is 0.243 e. The van der Waals surface area contributed by atoms with Crippen molar-refractivity contribution in [2.24, 2.45) is 5.92 Å². The number of carbonyl (C=O) groups is 2. The largest absolute Gasteiger partial charge is 0.348 e. The number of hydrogen-bond acceptors (Lipinski definition) is 2. The van der Waals surface area contributed by atoms with Crippen LogP contribution in [0, 0.1) is 5.92 Å². The SMILES string of the molecule is CC(=O)NC(C(=O)NC(C)c1ccc(Br)cc1)C(C)C. The lowest BCUT2D eigenvalue weighted by Gasteiger charge is -2.23. The van der Waals surface area contributed by atoms with Gasteiger partial charge in [-0.2, -0.15) is 0 Å². The normalized spacial score (nSPS) is 13.7. The topological polar surface area (TPSA) is 58.2 Å². The average molecular weight is 341 g/mol. The second-order valence-corrected chi connectivity index (χ2v) is 6.12. The third kappa shape index (κ3) is 4.96. The van der Waals surface area contributed by atoms with Gasteiger partial charge in [0.05, 0.1) is 6.04 Å². The lowest BCUT2D eigenvalue weighted by Crippen LogP contribution is -2.49. The molecule has 0 bridgehead atoms. The Labute approximate surface area is 128 Å². The summed E-state index contributed by atoms with van der Waals surface area (Å²) in [7, 11) is 0. The van der Waals surface area contributed by atoms with Gasteiger partial charge < -0.3 is 10.6 Å². The molecule has 2 N–H and O–H groups in total. The number of hydrogen-bond donors (Lipinski definition) is 2. The fraction of sp³-hybridized carbons (Fsp3) is 0.467. The molecule has 0 fully saturated rings. The number of nitrogens with one attached hydrogen (secondary N) is 2. The number of amides is 2. The zero-order chi connectivity index (χ0) is 15.3. The molecule has 0 radical (unpaired) electrons. The Kier molecular flexibility index (Phi) is 6.20. The first kappa shape index (κ1) is 16.7. The molecule has 0 saturated heterocycles. The maximum absolute atomic E-state index is 12.2. The minimum Gasteiger partial charge on any atom is -0.348 e. The molecule has 1 rings (SSSR count). The van der Waals surface area contributed by atoms with Crippen molar-refractivity contribution in [2.75, 3.05) is 0 Å². The third-order valence-electron chi connectivity index (χ3n) is 3.04. The molecule has 0 aromatic heterocycles. The van der Waals surface area contributed by atoms with E-state index in [9.17, 15) is 9.59 Å². The monoisotopic (exact) mass is 340 g/mol. The van der Waals surface area contributed by atoms with Gasteiger partial charge in [-0.05, 0) is 30.5 Å². The molecule has 2 unspecified atom stereocenters. The molecule has 0 spiro atoms. The molecule has 4 nitrogen and oxygen atoms in total. The maximum atomic E-state index is 12.2. The Morgan fingerprint density at radius 3 is 2.05 bits per heavy atom. The van der Waals surface area contributed by atoms with Crippen LogP contribution in [0.15, 0.2) is 28.7 Å². The van der Waals surface area contributed by atoms with Crippen LogP contribution in [0.4, 0.5) is 0 Å². The van der Waals surface area contributed by atoms with E-state index in [0.29, 0.717) is 0 Å². The lowest BCUT2D eigenvalue weighted by atomic mass is 10.0. The minimum absolute atomic E-state index is 0.0380. The highest BCUT2D eigenvalue weighted by Gasteiger charge is 2.24. The zero-order valence-corrected chi connectivity index (χ0v) is 13.8. The smallest absolute Gasteiger partial charge is 0.243 e. The lowest BCUT2D eigenvalue weighted by molar-refractivity contribution is -0.129. The number of benzene rings is 1. The predicted molar refractivity (Wildman–Crippen MR) is 83.1 cm³/mol. The van der Waals surface area contributed by atoms with Crippen LogP contribution in [0.5, 0.6) is 0 Å². The molecule has 0 aliphatic rings. The van der Waals surface area contributed by atoms with Gasteiger partial charge in [0, 0.05) is 11.4 Å². The summed E-state index contributed by atoms with van der Waals surface area (Å²) in [4.78, 5) is 23.4. The van der Waals surface area contributed by atoms with Crippen molar-refractivity contribution < 1.29 is 9.59 Å². The predicted octanol–water partition coefficient (Wildman–Crippen LogP) is 2.79. The Morgan fingerprint density at radius 1 is 1.05 bits per heavy atom. The summed E-state index contributed by atoms with van der Waals surface area (Å²) in [5.74, 6) is -0.322. The summed E-state index contributed by atoms with van der Waals surface area (Å²) in [5, 5.41) is 5.62. The van der Waals surface area contributed by atoms with E-state index in [-0.39, 0.29) is 23.8 Å². The van der Waals surface area contributed by atoms with Crippen LogP contribution in [0.3, 0.4) is 0 Å². The van der Waals surface area contributed by atoms with Crippen molar-refractivity contribution in [1.82, 2.24) is 10.6 Å². The van der Waals surface area contributed by atoms with Crippen molar-refractivity contribution in [2.45, 2.75) is 39.8 Å². The summed E-state index contributed by atoms with van der Waals surface area (Å²) in [6.45, 7) is 7.15. The van der Waals surface area contributed by atoms with Gasteiger partial charge in [-0.15, -0.1) is 0 Å². The third-order valence-corrected chi connectivity index (χ3v) is 3.57. The van der Waals surface area contributed by atoms with Crippen LogP contribution in [0.1, 0.15) is 39.3 Å². The standard InChI is InChI=1S/C15H21BrN2O2/c1-9(2)14(18-11(4)19)15(20)17-10(3)12-5-7-13(16)8-6-12/h5-10,14H,1-4H3,(H,17,20)(H,18,19). The first-order chi connectivity index (χ1) is 9.31. The van der Waals surface area contributed by atoms with Crippen LogP contribution in [0.25, 0.3) is 0 Å². The molecular weight excluding hydrogens is 320 g/mol. The van der Waals surface area contributed by atoms with E-state index >= 15 is 0 Å². The van der Waals surface area contributed by atoms with E-state index < -0.39 is 6.04 Å². The molecule has 0 saturated carbocycles. The van der Waals surface area contributed by atoms with Gasteiger partial charge in [-0.3, -0.25) is 9.59 Å². The second kappa shape index (κ2) is 7.43. The Morgan fingerprint density at radius 2 is 1.60 bits per heavy atom. The zero-order valence-electron chi connectivity index (χ0n) is 12.2. The quantitative estimate of drug-likeness (QED) is 0.865. The Bertz CT molecular complexity index is 471. The molecule has 1 aromatic carbocycles. The van der Waals surface area contributed by atoms with E-state index in [0.717, 1.165) is 10.0 Å².